The molecule has 0 saturated heterocycles. The molecule has 4 rings (SSSR count). The van der Waals surface area contributed by atoms with Crippen molar-refractivity contribution in [2.75, 3.05) is 0 Å². The molecule has 0 aliphatic heterocycles. The molecule has 4 aromatic rings. The number of nitrogens with one attached hydrogen (secondary N) is 1. The average molecular weight is 391 g/mol. The van der Waals surface area contributed by atoms with Gasteiger partial charge >= 0.3 is 0 Å². The van der Waals surface area contributed by atoms with E-state index >= 15 is 0 Å². The van der Waals surface area contributed by atoms with Crippen molar-refractivity contribution in [3.8, 4) is 5.88 Å². The van der Waals surface area contributed by atoms with Crippen LogP contribution < -0.4 is 0 Å². The number of halogens is 1. The Morgan fingerprint density at radius 2 is 1.82 bits per heavy atom. The van der Waals surface area contributed by atoms with Crippen molar-refractivity contribution in [3.05, 3.63) is 77.2 Å². The maximum atomic E-state index is 10.3. The lowest BCUT2D eigenvalue weighted by molar-refractivity contribution is 0.459. The minimum atomic E-state index is -0.0951. The Morgan fingerprint density at radius 1 is 1.04 bits per heavy atom. The Balaban J connectivity index is 1.81. The molecule has 0 unspecified atom stereocenters. The number of H-pyrrole nitrogens is 1. The second-order valence-corrected chi connectivity index (χ2v) is 6.36. The summed E-state index contributed by atoms with van der Waals surface area (Å²) in [6.07, 6.45) is 3.29. The molecule has 0 fully saturated rings. The monoisotopic (exact) mass is 390 g/mol. The highest BCUT2D eigenvalue weighted by Gasteiger charge is 2.14. The SMILES string of the molecule is Cc1c(Cl)ccc2c(N=N/C(=N/c3ccccn3)c3ccccn3)c(O)[nH]c12. The van der Waals surface area contributed by atoms with Crippen molar-refractivity contribution in [1.29, 1.82) is 0 Å². The Kier molecular flexibility index (Phi) is 4.82. The van der Waals surface area contributed by atoms with Crippen molar-refractivity contribution in [3.63, 3.8) is 0 Å². The van der Waals surface area contributed by atoms with E-state index in [1.807, 2.05) is 19.1 Å². The van der Waals surface area contributed by atoms with Crippen LogP contribution in [0.5, 0.6) is 5.88 Å². The molecule has 0 saturated carbocycles. The third-order valence-electron chi connectivity index (χ3n) is 4.13. The second kappa shape index (κ2) is 7.58. The van der Waals surface area contributed by atoms with E-state index in [1.165, 1.54) is 0 Å². The van der Waals surface area contributed by atoms with Crippen LogP contribution in [0.15, 0.2) is 76.1 Å². The van der Waals surface area contributed by atoms with E-state index in [9.17, 15) is 5.11 Å². The second-order valence-electron chi connectivity index (χ2n) is 5.96. The largest absolute Gasteiger partial charge is 0.493 e. The normalized spacial score (nSPS) is 12.1. The minimum absolute atomic E-state index is 0.0951. The van der Waals surface area contributed by atoms with E-state index in [-0.39, 0.29) is 11.7 Å². The number of aliphatic imine (C=N–C) groups is 1. The van der Waals surface area contributed by atoms with Crippen LogP contribution in [0.3, 0.4) is 0 Å². The lowest BCUT2D eigenvalue weighted by Gasteiger charge is -2.00. The van der Waals surface area contributed by atoms with Crippen LogP contribution in [-0.2, 0) is 0 Å². The molecule has 0 aliphatic carbocycles. The van der Waals surface area contributed by atoms with E-state index in [2.05, 4.69) is 30.2 Å². The van der Waals surface area contributed by atoms with Crippen molar-refractivity contribution < 1.29 is 5.11 Å². The number of amidine groups is 1. The van der Waals surface area contributed by atoms with E-state index in [0.717, 1.165) is 5.56 Å². The summed E-state index contributed by atoms with van der Waals surface area (Å²) in [5, 5.41) is 20.1. The zero-order valence-corrected chi connectivity index (χ0v) is 15.6. The molecule has 3 heterocycles. The quantitative estimate of drug-likeness (QED) is 0.275. The van der Waals surface area contributed by atoms with Gasteiger partial charge in [-0.1, -0.05) is 23.7 Å². The van der Waals surface area contributed by atoms with Gasteiger partial charge < -0.3 is 10.1 Å². The molecule has 2 N–H and O–H groups in total. The van der Waals surface area contributed by atoms with Gasteiger partial charge in [0.05, 0.1) is 5.52 Å². The first-order valence-electron chi connectivity index (χ1n) is 8.46. The topological polar surface area (TPSA) is 98.9 Å². The predicted molar refractivity (Wildman–Crippen MR) is 109 cm³/mol. The summed E-state index contributed by atoms with van der Waals surface area (Å²) in [5.41, 5.74) is 2.37. The highest BCUT2D eigenvalue weighted by Crippen LogP contribution is 2.38. The zero-order valence-electron chi connectivity index (χ0n) is 14.8. The number of aromatic hydroxyl groups is 1. The fraction of sp³-hybridized carbons (Fsp3) is 0.0500. The first kappa shape index (κ1) is 17.8. The number of nitrogens with zero attached hydrogens (tertiary/aromatic N) is 5. The van der Waals surface area contributed by atoms with Gasteiger partial charge in [-0.05, 0) is 48.9 Å². The maximum absolute atomic E-state index is 10.3. The number of aromatic nitrogens is 3. The number of pyridine rings is 2. The van der Waals surface area contributed by atoms with Crippen molar-refractivity contribution in [2.24, 2.45) is 15.2 Å². The molecule has 0 amide bonds. The highest BCUT2D eigenvalue weighted by molar-refractivity contribution is 6.32. The number of azo groups is 1. The summed E-state index contributed by atoms with van der Waals surface area (Å²) in [6.45, 7) is 1.86. The van der Waals surface area contributed by atoms with Gasteiger partial charge in [0.2, 0.25) is 11.7 Å². The number of fused-ring (bicyclic) bond motifs is 1. The summed E-state index contributed by atoms with van der Waals surface area (Å²) in [4.78, 5) is 15.8. The lowest BCUT2D eigenvalue weighted by atomic mass is 10.1. The fourth-order valence-corrected chi connectivity index (χ4v) is 2.86. The van der Waals surface area contributed by atoms with Crippen LogP contribution in [0, 0.1) is 6.92 Å². The Morgan fingerprint density at radius 3 is 2.54 bits per heavy atom. The third-order valence-corrected chi connectivity index (χ3v) is 4.54. The molecule has 1 aromatic carbocycles. The van der Waals surface area contributed by atoms with Gasteiger partial charge in [0.1, 0.15) is 5.69 Å². The predicted octanol–water partition coefficient (Wildman–Crippen LogP) is 5.49. The number of aryl methyl sites for hydroxylation is 1. The van der Waals surface area contributed by atoms with Crippen LogP contribution >= 0.6 is 11.6 Å². The molecular formula is C20H15ClN6O. The first-order chi connectivity index (χ1) is 13.6. The third kappa shape index (κ3) is 3.47. The van der Waals surface area contributed by atoms with Crippen molar-refractivity contribution >= 4 is 39.8 Å². The van der Waals surface area contributed by atoms with Gasteiger partial charge in [-0.25, -0.2) is 9.98 Å². The van der Waals surface area contributed by atoms with Gasteiger partial charge in [-0.3, -0.25) is 4.98 Å². The summed E-state index contributed by atoms with van der Waals surface area (Å²) in [6, 6.07) is 14.3. The van der Waals surface area contributed by atoms with E-state index < -0.39 is 0 Å². The summed E-state index contributed by atoms with van der Waals surface area (Å²) < 4.78 is 0. The van der Waals surface area contributed by atoms with E-state index in [4.69, 9.17) is 11.6 Å². The van der Waals surface area contributed by atoms with Crippen LogP contribution in [0.4, 0.5) is 11.5 Å². The van der Waals surface area contributed by atoms with E-state index in [0.29, 0.717) is 33.1 Å². The molecule has 7 nitrogen and oxygen atoms in total. The van der Waals surface area contributed by atoms with Gasteiger partial charge in [-0.2, -0.15) is 0 Å². The molecule has 0 radical (unpaired) electrons. The van der Waals surface area contributed by atoms with Crippen LogP contribution in [0.25, 0.3) is 10.9 Å². The minimum Gasteiger partial charge on any atom is -0.493 e. The molecule has 28 heavy (non-hydrogen) atoms. The number of hydrogen-bond donors (Lipinski definition) is 2. The first-order valence-corrected chi connectivity index (χ1v) is 8.84. The van der Waals surface area contributed by atoms with Crippen molar-refractivity contribution in [1.82, 2.24) is 15.0 Å². The smallest absolute Gasteiger partial charge is 0.218 e. The molecule has 0 aliphatic rings. The molecular weight excluding hydrogens is 376 g/mol. The number of rotatable bonds is 3. The molecule has 8 heteroatoms. The van der Waals surface area contributed by atoms with Gasteiger partial charge in [0.15, 0.2) is 11.5 Å². The Hall–Kier alpha value is -3.58. The molecule has 3 aromatic heterocycles. The zero-order chi connectivity index (χ0) is 19.5. The Labute approximate surface area is 165 Å². The fourth-order valence-electron chi connectivity index (χ4n) is 2.70. The lowest BCUT2D eigenvalue weighted by Crippen LogP contribution is -1.99. The molecule has 0 atom stereocenters. The van der Waals surface area contributed by atoms with Crippen molar-refractivity contribution in [2.45, 2.75) is 6.92 Å². The van der Waals surface area contributed by atoms with Crippen LogP contribution in [-0.4, -0.2) is 25.9 Å². The van der Waals surface area contributed by atoms with Gasteiger partial charge in [-0.15, -0.1) is 10.2 Å². The van der Waals surface area contributed by atoms with Gasteiger partial charge in [0.25, 0.3) is 0 Å². The molecule has 0 spiro atoms. The van der Waals surface area contributed by atoms with E-state index in [1.54, 1.807) is 48.8 Å². The molecule has 138 valence electrons. The highest BCUT2D eigenvalue weighted by atomic mass is 35.5. The summed E-state index contributed by atoms with van der Waals surface area (Å²) in [7, 11) is 0. The standard InChI is InChI=1S/C20H15ClN6O/c1-12-14(21)9-8-13-17(12)25-20(28)18(13)26-27-19(15-6-2-4-10-22-15)24-16-7-3-5-11-23-16/h2-11,25,28H,1H3/b24-19+,27-26?. The van der Waals surface area contributed by atoms with Crippen LogP contribution in [0.1, 0.15) is 11.3 Å². The Bertz CT molecular complexity index is 1190. The van der Waals surface area contributed by atoms with Crippen LogP contribution in [0.2, 0.25) is 5.02 Å². The summed E-state index contributed by atoms with van der Waals surface area (Å²) in [5.74, 6) is 0.661. The molecule has 0 bridgehead atoms. The number of hydrogen-bond acceptors (Lipinski definition) is 5. The van der Waals surface area contributed by atoms with Gasteiger partial charge in [0, 0.05) is 22.8 Å². The summed E-state index contributed by atoms with van der Waals surface area (Å²) >= 11 is 6.16. The average Bonchev–Trinajstić information content (AvgIpc) is 3.05. The number of benzene rings is 1. The maximum Gasteiger partial charge on any atom is 0.218 e. The number of aromatic amines is 1.